The molecule has 0 aliphatic carbocycles. The molecule has 0 aliphatic heterocycles. The Hall–Kier alpha value is -12.0. The lowest BCUT2D eigenvalue weighted by Gasteiger charge is -2.27. The van der Waals surface area contributed by atoms with Crippen molar-refractivity contribution in [3.05, 3.63) is 319 Å². The molecule has 5 aromatic heterocycles. The Bertz CT molecular complexity index is 5340. The lowest BCUT2D eigenvalue weighted by Crippen LogP contribution is -2.04. The van der Waals surface area contributed by atoms with Crippen molar-refractivity contribution >= 4 is 43.6 Å². The van der Waals surface area contributed by atoms with Crippen LogP contribution in [0, 0.1) is 39.0 Å². The Morgan fingerprint density at radius 3 is 0.924 bits per heavy atom. The molecule has 0 saturated carbocycles. The van der Waals surface area contributed by atoms with Crippen LogP contribution < -0.4 is 0 Å². The first kappa shape index (κ1) is 55.3. The van der Waals surface area contributed by atoms with E-state index in [2.05, 4.69) is 292 Å². The van der Waals surface area contributed by atoms with E-state index >= 15 is 0 Å². The van der Waals surface area contributed by atoms with Crippen LogP contribution in [0.5, 0.6) is 0 Å². The summed E-state index contributed by atoms with van der Waals surface area (Å²) >= 11 is 0. The molecule has 0 aliphatic rings. The summed E-state index contributed by atoms with van der Waals surface area (Å²) in [4.78, 5) is 15.8. The Morgan fingerprint density at radius 2 is 0.587 bits per heavy atom. The summed E-state index contributed by atoms with van der Waals surface area (Å²) in [5, 5.41) is 17.5. The minimum Gasteiger partial charge on any atom is -0.309 e. The molecule has 0 bridgehead atoms. The van der Waals surface area contributed by atoms with Crippen molar-refractivity contribution in [3.8, 4) is 118 Å². The molecule has 16 aromatic rings. The summed E-state index contributed by atoms with van der Waals surface area (Å²) in [5.74, 6) is 0. The van der Waals surface area contributed by atoms with Gasteiger partial charge in [0.25, 0.3) is 0 Å². The molecule has 16 rings (SSSR count). The maximum absolute atomic E-state index is 12.7. The van der Waals surface area contributed by atoms with E-state index in [-0.39, 0.29) is 0 Å². The molecule has 0 saturated heterocycles. The highest BCUT2D eigenvalue weighted by Gasteiger charge is 2.31. The molecular formula is C86H60N6. The Labute approximate surface area is 535 Å². The third kappa shape index (κ3) is 9.72. The van der Waals surface area contributed by atoms with Crippen LogP contribution in [-0.2, 0) is 0 Å². The molecule has 6 nitrogen and oxygen atoms in total. The first-order chi connectivity index (χ1) is 45.2. The highest BCUT2D eigenvalue weighted by Crippen LogP contribution is 2.54. The van der Waals surface area contributed by atoms with Crippen molar-refractivity contribution in [2.24, 2.45) is 0 Å². The smallest absolute Gasteiger partial charge is 0.100 e. The van der Waals surface area contributed by atoms with Crippen LogP contribution in [0.1, 0.15) is 27.8 Å². The summed E-state index contributed by atoms with van der Waals surface area (Å²) in [7, 11) is 0. The number of hydrogen-bond acceptors (Lipinski definition) is 4. The molecule has 0 unspecified atom stereocenters. The van der Waals surface area contributed by atoms with Gasteiger partial charge in [0.1, 0.15) is 6.07 Å². The minimum atomic E-state index is 0.509. The molecule has 5 heterocycles. The zero-order valence-corrected chi connectivity index (χ0v) is 51.4. The Balaban J connectivity index is 1.07. The second-order valence-corrected chi connectivity index (χ2v) is 24.2. The van der Waals surface area contributed by atoms with E-state index in [1.165, 1.54) is 43.8 Å². The molecule has 11 aromatic carbocycles. The maximum atomic E-state index is 12.7. The molecule has 0 atom stereocenters. The van der Waals surface area contributed by atoms with Gasteiger partial charge in [-0.15, -0.1) is 0 Å². The number of fused-ring (bicyclic) bond motifs is 6. The number of rotatable bonds is 11. The van der Waals surface area contributed by atoms with Crippen LogP contribution >= 0.6 is 0 Å². The van der Waals surface area contributed by atoms with Crippen molar-refractivity contribution < 1.29 is 0 Å². The van der Waals surface area contributed by atoms with Gasteiger partial charge in [-0.05, 0) is 164 Å². The molecular weight excluding hydrogens is 1120 g/mol. The van der Waals surface area contributed by atoms with Gasteiger partial charge >= 0.3 is 0 Å². The van der Waals surface area contributed by atoms with Gasteiger partial charge in [-0.1, -0.05) is 198 Å². The highest BCUT2D eigenvalue weighted by atomic mass is 15.0. The number of hydrogen-bond donors (Lipinski definition) is 0. The number of benzene rings is 11. The zero-order valence-electron chi connectivity index (χ0n) is 51.4. The van der Waals surface area contributed by atoms with Crippen molar-refractivity contribution in [2.45, 2.75) is 27.7 Å². The summed E-state index contributed by atoms with van der Waals surface area (Å²) in [6.45, 7) is 8.65. The average molecular weight is 1180 g/mol. The van der Waals surface area contributed by atoms with Crippen LogP contribution in [0.2, 0.25) is 0 Å². The number of nitriles is 1. The standard InChI is InChI=1S/C86H60N6/c1-54-27-39-78-69(44-54)70-45-55(2)28-40-79(70)91(78)67-35-31-62(32-36-67)82-73(52-87)83(65-48-74(58-18-9-5-10-19-58)89-75(49-65)59-20-11-6-12-21-59)85(64-26-17-43-88-53-64)84(86(82)66-50-76(60-22-13-7-14-23-60)90-77(51-66)61-24-15-8-16-25-61)63-33-37-68(38-34-63)92-80-41-29-56(3)46-71(80)72-47-57(4)30-42-81(72)92/h5-51,53H,1-4H3. The third-order valence-electron chi connectivity index (χ3n) is 18.0. The summed E-state index contributed by atoms with van der Waals surface area (Å²) in [6, 6.07) is 102. The Morgan fingerprint density at radius 1 is 0.283 bits per heavy atom. The first-order valence-corrected chi connectivity index (χ1v) is 31.3. The number of aryl methyl sites for hydroxylation is 4. The van der Waals surface area contributed by atoms with Gasteiger partial charge in [-0.25, -0.2) is 9.97 Å². The average Bonchev–Trinajstić information content (AvgIpc) is 0.931. The molecule has 0 spiro atoms. The van der Waals surface area contributed by atoms with E-state index in [9.17, 15) is 5.26 Å². The van der Waals surface area contributed by atoms with Gasteiger partial charge in [-0.2, -0.15) is 5.26 Å². The van der Waals surface area contributed by atoms with Gasteiger partial charge in [0, 0.05) is 89.8 Å². The van der Waals surface area contributed by atoms with Crippen molar-refractivity contribution in [2.75, 3.05) is 0 Å². The van der Waals surface area contributed by atoms with E-state index in [4.69, 9.17) is 15.0 Å². The normalized spacial score (nSPS) is 11.5. The molecule has 0 fully saturated rings. The molecule has 0 amide bonds. The first-order valence-electron chi connectivity index (χ1n) is 31.3. The van der Waals surface area contributed by atoms with E-state index in [1.807, 2.05) is 42.7 Å². The minimum absolute atomic E-state index is 0.509. The largest absolute Gasteiger partial charge is 0.309 e. The fourth-order valence-electron chi connectivity index (χ4n) is 13.8. The van der Waals surface area contributed by atoms with E-state index in [0.717, 1.165) is 134 Å². The SMILES string of the molecule is Cc1ccc2c(c1)c1cc(C)ccc1n2-c1ccc(-c2c(C#N)c(-c3cc(-c4ccccc4)nc(-c4ccccc4)c3)c(-c3cccnc3)c(-c3ccc(-n4c5ccc(C)cc5c5cc(C)ccc54)cc3)c2-c2cc(-c3ccccc3)nc(-c3ccccc3)c2)cc1. The van der Waals surface area contributed by atoms with Gasteiger partial charge in [0.05, 0.1) is 50.4 Å². The van der Waals surface area contributed by atoms with Crippen LogP contribution in [0.15, 0.2) is 291 Å². The van der Waals surface area contributed by atoms with Gasteiger partial charge < -0.3 is 9.13 Å². The topological polar surface area (TPSA) is 72.3 Å². The molecule has 92 heavy (non-hydrogen) atoms. The number of pyridine rings is 3. The predicted molar refractivity (Wildman–Crippen MR) is 381 cm³/mol. The Kier molecular flexibility index (Phi) is 13.7. The fraction of sp³-hybridized carbons (Fsp3) is 0.0465. The van der Waals surface area contributed by atoms with Crippen molar-refractivity contribution in [3.63, 3.8) is 0 Å². The number of nitrogens with zero attached hydrogens (tertiary/aromatic N) is 6. The number of aromatic nitrogens is 5. The second-order valence-electron chi connectivity index (χ2n) is 24.2. The van der Waals surface area contributed by atoms with Crippen molar-refractivity contribution in [1.29, 1.82) is 5.26 Å². The summed E-state index contributed by atoms with van der Waals surface area (Å²) in [6.07, 6.45) is 3.77. The van der Waals surface area contributed by atoms with E-state index in [0.29, 0.717) is 5.56 Å². The second kappa shape index (κ2) is 22.8. The highest BCUT2D eigenvalue weighted by molar-refractivity contribution is 6.13. The monoisotopic (exact) mass is 1180 g/mol. The van der Waals surface area contributed by atoms with Crippen LogP contribution in [0.3, 0.4) is 0 Å². The summed E-state index contributed by atoms with van der Waals surface area (Å²) < 4.78 is 4.76. The quantitative estimate of drug-likeness (QED) is 0.129. The van der Waals surface area contributed by atoms with E-state index < -0.39 is 0 Å². The maximum Gasteiger partial charge on any atom is 0.100 e. The lowest BCUT2D eigenvalue weighted by atomic mass is 9.75. The predicted octanol–water partition coefficient (Wildman–Crippen LogP) is 22.2. The molecule has 6 heteroatoms. The zero-order chi connectivity index (χ0) is 62.0. The van der Waals surface area contributed by atoms with Gasteiger partial charge in [-0.3, -0.25) is 4.98 Å². The van der Waals surface area contributed by atoms with E-state index in [1.54, 1.807) is 0 Å². The van der Waals surface area contributed by atoms with Crippen molar-refractivity contribution in [1.82, 2.24) is 24.1 Å². The van der Waals surface area contributed by atoms with Gasteiger partial charge in [0.2, 0.25) is 0 Å². The van der Waals surface area contributed by atoms with Crippen LogP contribution in [0.4, 0.5) is 0 Å². The third-order valence-corrected chi connectivity index (χ3v) is 18.0. The molecule has 0 radical (unpaired) electrons. The molecule has 0 N–H and O–H groups in total. The van der Waals surface area contributed by atoms with Crippen LogP contribution in [-0.4, -0.2) is 24.1 Å². The summed E-state index contributed by atoms with van der Waals surface area (Å²) in [5.41, 5.74) is 27.6. The lowest BCUT2D eigenvalue weighted by molar-refractivity contribution is 1.18. The fourth-order valence-corrected chi connectivity index (χ4v) is 13.8. The van der Waals surface area contributed by atoms with Gasteiger partial charge in [0.15, 0.2) is 0 Å². The van der Waals surface area contributed by atoms with Crippen LogP contribution in [0.25, 0.3) is 156 Å². The molecule has 434 valence electrons.